The Kier molecular flexibility index (Phi) is 4.66. The fourth-order valence-electron chi connectivity index (χ4n) is 2.38. The van der Waals surface area contributed by atoms with E-state index in [-0.39, 0.29) is 6.79 Å². The quantitative estimate of drug-likeness (QED) is 0.611. The maximum Gasteiger partial charge on any atom is 0.498 e. The Labute approximate surface area is 146 Å². The van der Waals surface area contributed by atoms with Gasteiger partial charge in [0.1, 0.15) is 16.3 Å². The summed E-state index contributed by atoms with van der Waals surface area (Å²) in [5.74, 6) is 0.656. The summed E-state index contributed by atoms with van der Waals surface area (Å²) in [6, 6.07) is 5.84. The van der Waals surface area contributed by atoms with Gasteiger partial charge in [-0.05, 0) is 33.8 Å². The van der Waals surface area contributed by atoms with Crippen molar-refractivity contribution in [1.82, 2.24) is 10.2 Å². The number of hydrogen-bond donors (Lipinski definition) is 0. The summed E-state index contributed by atoms with van der Waals surface area (Å²) in [6.45, 7) is 8.25. The van der Waals surface area contributed by atoms with E-state index in [9.17, 15) is 0 Å². The molecular formula is C16H21BN2O4S. The first-order chi connectivity index (χ1) is 11.3. The van der Waals surface area contributed by atoms with E-state index in [0.717, 1.165) is 16.0 Å². The molecule has 1 aromatic heterocycles. The van der Waals surface area contributed by atoms with Crippen LogP contribution in [-0.2, 0) is 14.0 Å². The standard InChI is InChI=1S/C16H21BN2O4S/c1-15(2)16(3,4)23-17(22-15)12-7-6-11(14-19-18-9-24-14)8-13(12)21-10-20-5/h6-9H,10H2,1-5H3. The lowest BCUT2D eigenvalue weighted by Gasteiger charge is -2.32. The van der Waals surface area contributed by atoms with E-state index in [2.05, 4.69) is 10.2 Å². The third kappa shape index (κ3) is 3.19. The fraction of sp³-hybridized carbons (Fsp3) is 0.500. The van der Waals surface area contributed by atoms with Gasteiger partial charge in [-0.25, -0.2) is 0 Å². The van der Waals surface area contributed by atoms with Gasteiger partial charge in [-0.15, -0.1) is 10.2 Å². The van der Waals surface area contributed by atoms with E-state index in [1.165, 1.54) is 11.3 Å². The van der Waals surface area contributed by atoms with Gasteiger partial charge in [-0.1, -0.05) is 23.5 Å². The Morgan fingerprint density at radius 3 is 2.46 bits per heavy atom. The van der Waals surface area contributed by atoms with Crippen LogP contribution in [0.25, 0.3) is 10.6 Å². The molecule has 128 valence electrons. The summed E-state index contributed by atoms with van der Waals surface area (Å²) in [6.07, 6.45) is 0. The van der Waals surface area contributed by atoms with Crippen molar-refractivity contribution in [2.24, 2.45) is 0 Å². The summed E-state index contributed by atoms with van der Waals surface area (Å²) < 4.78 is 23.1. The molecule has 1 fully saturated rings. The highest BCUT2D eigenvalue weighted by Gasteiger charge is 2.52. The Bertz CT molecular complexity index is 690. The molecular weight excluding hydrogens is 327 g/mol. The van der Waals surface area contributed by atoms with Crippen molar-refractivity contribution >= 4 is 23.9 Å². The number of nitrogens with zero attached hydrogens (tertiary/aromatic N) is 2. The third-order valence-electron chi connectivity index (χ3n) is 4.46. The van der Waals surface area contributed by atoms with Gasteiger partial charge in [-0.3, -0.25) is 0 Å². The molecule has 1 aliphatic heterocycles. The maximum atomic E-state index is 6.13. The molecule has 2 heterocycles. The zero-order chi connectivity index (χ0) is 17.4. The van der Waals surface area contributed by atoms with Crippen LogP contribution >= 0.6 is 11.3 Å². The Hall–Kier alpha value is -1.48. The van der Waals surface area contributed by atoms with Crippen molar-refractivity contribution in [1.29, 1.82) is 0 Å². The monoisotopic (exact) mass is 348 g/mol. The largest absolute Gasteiger partial charge is 0.498 e. The first kappa shape index (κ1) is 17.4. The van der Waals surface area contributed by atoms with Crippen molar-refractivity contribution in [3.63, 3.8) is 0 Å². The molecule has 0 aliphatic carbocycles. The van der Waals surface area contributed by atoms with Gasteiger partial charge in [0.2, 0.25) is 0 Å². The second-order valence-electron chi connectivity index (χ2n) is 6.64. The molecule has 8 heteroatoms. The van der Waals surface area contributed by atoms with Gasteiger partial charge in [0.25, 0.3) is 0 Å². The van der Waals surface area contributed by atoms with Crippen LogP contribution in [0.5, 0.6) is 5.75 Å². The zero-order valence-electron chi connectivity index (χ0n) is 14.5. The van der Waals surface area contributed by atoms with Crippen LogP contribution < -0.4 is 10.2 Å². The van der Waals surface area contributed by atoms with Gasteiger partial charge in [0, 0.05) is 18.1 Å². The Morgan fingerprint density at radius 2 is 1.88 bits per heavy atom. The summed E-state index contributed by atoms with van der Waals surface area (Å²) in [7, 11) is 1.09. The summed E-state index contributed by atoms with van der Waals surface area (Å²) in [4.78, 5) is 0. The number of benzene rings is 1. The van der Waals surface area contributed by atoms with Crippen LogP contribution in [0.2, 0.25) is 0 Å². The second kappa shape index (κ2) is 6.44. The molecule has 6 nitrogen and oxygen atoms in total. The minimum absolute atomic E-state index is 0.145. The molecule has 1 aliphatic rings. The molecule has 0 atom stereocenters. The topological polar surface area (TPSA) is 62.7 Å². The highest BCUT2D eigenvalue weighted by atomic mass is 32.1. The van der Waals surface area contributed by atoms with Crippen molar-refractivity contribution in [2.75, 3.05) is 13.9 Å². The molecule has 0 amide bonds. The van der Waals surface area contributed by atoms with Gasteiger partial charge in [0.15, 0.2) is 6.79 Å². The lowest BCUT2D eigenvalue weighted by Crippen LogP contribution is -2.41. The second-order valence-corrected chi connectivity index (χ2v) is 7.47. The number of rotatable bonds is 5. The minimum atomic E-state index is -0.495. The predicted octanol–water partition coefficient (Wildman–Crippen LogP) is 2.49. The summed E-state index contributed by atoms with van der Waals surface area (Å²) in [5.41, 5.74) is 2.65. The molecule has 2 aromatic rings. The first-order valence-electron chi connectivity index (χ1n) is 7.72. The van der Waals surface area contributed by atoms with Gasteiger partial charge in [-0.2, -0.15) is 0 Å². The smallest absolute Gasteiger partial charge is 0.468 e. The Morgan fingerprint density at radius 1 is 1.17 bits per heavy atom. The maximum absolute atomic E-state index is 6.13. The third-order valence-corrected chi connectivity index (χ3v) is 5.20. The molecule has 0 saturated carbocycles. The highest BCUT2D eigenvalue weighted by Crippen LogP contribution is 2.37. The van der Waals surface area contributed by atoms with Crippen molar-refractivity contribution in [2.45, 2.75) is 38.9 Å². The normalized spacial score (nSPS) is 18.8. The number of methoxy groups -OCH3 is 1. The van der Waals surface area contributed by atoms with E-state index >= 15 is 0 Å². The number of ether oxygens (including phenoxy) is 2. The predicted molar refractivity (Wildman–Crippen MR) is 93.6 cm³/mol. The molecule has 1 saturated heterocycles. The van der Waals surface area contributed by atoms with Crippen LogP contribution in [0, 0.1) is 0 Å². The number of aromatic nitrogens is 2. The lowest BCUT2D eigenvalue weighted by molar-refractivity contribution is 0.00578. The highest BCUT2D eigenvalue weighted by molar-refractivity contribution is 7.12. The summed E-state index contributed by atoms with van der Waals surface area (Å²) >= 11 is 1.47. The van der Waals surface area contributed by atoms with Crippen LogP contribution in [0.1, 0.15) is 27.7 Å². The average Bonchev–Trinajstić information content (AvgIpc) is 3.12. The van der Waals surface area contributed by atoms with Crippen LogP contribution in [0.3, 0.4) is 0 Å². The van der Waals surface area contributed by atoms with Gasteiger partial charge >= 0.3 is 7.12 Å². The number of hydrogen-bond acceptors (Lipinski definition) is 7. The molecule has 1 aromatic carbocycles. The van der Waals surface area contributed by atoms with Gasteiger partial charge < -0.3 is 18.8 Å². The van der Waals surface area contributed by atoms with Crippen molar-refractivity contribution in [3.05, 3.63) is 23.7 Å². The van der Waals surface area contributed by atoms with Crippen LogP contribution in [-0.4, -0.2) is 42.4 Å². The zero-order valence-corrected chi connectivity index (χ0v) is 15.3. The van der Waals surface area contributed by atoms with Crippen LogP contribution in [0.15, 0.2) is 23.7 Å². The minimum Gasteiger partial charge on any atom is -0.468 e. The fourth-order valence-corrected chi connectivity index (χ4v) is 2.93. The molecule has 0 spiro atoms. The molecule has 0 N–H and O–H groups in total. The molecule has 0 bridgehead atoms. The van der Waals surface area contributed by atoms with Crippen molar-refractivity contribution in [3.8, 4) is 16.3 Å². The molecule has 0 radical (unpaired) electrons. The summed E-state index contributed by atoms with van der Waals surface area (Å²) in [5, 5.41) is 8.81. The molecule has 24 heavy (non-hydrogen) atoms. The average molecular weight is 348 g/mol. The SMILES string of the molecule is COCOc1cc(-c2nncs2)ccc1B1OC(C)(C)C(C)(C)O1. The van der Waals surface area contributed by atoms with E-state index in [4.69, 9.17) is 18.8 Å². The van der Waals surface area contributed by atoms with E-state index < -0.39 is 18.3 Å². The van der Waals surface area contributed by atoms with Crippen molar-refractivity contribution < 1.29 is 18.8 Å². The first-order valence-corrected chi connectivity index (χ1v) is 8.60. The molecule has 3 rings (SSSR count). The molecule has 0 unspecified atom stereocenters. The van der Waals surface area contributed by atoms with E-state index in [1.54, 1.807) is 12.6 Å². The Balaban J connectivity index is 1.95. The van der Waals surface area contributed by atoms with Crippen LogP contribution in [0.4, 0.5) is 0 Å². The van der Waals surface area contributed by atoms with Gasteiger partial charge in [0.05, 0.1) is 11.2 Å². The van der Waals surface area contributed by atoms with E-state index in [1.807, 2.05) is 45.9 Å². The van der Waals surface area contributed by atoms with E-state index in [0.29, 0.717) is 5.75 Å². The lowest BCUT2D eigenvalue weighted by atomic mass is 9.78.